The number of aliphatic hydroxyl groups is 1. The SMILES string of the molecule is CCn1c(C(O)(c2ccccc2)c2ccccc2)nc2ccc(CC#N)c(F)c21. The summed E-state index contributed by atoms with van der Waals surface area (Å²) in [7, 11) is 0. The number of aryl methyl sites for hydroxylation is 1. The molecule has 3 aromatic carbocycles. The van der Waals surface area contributed by atoms with Crippen LogP contribution in [0, 0.1) is 17.1 Å². The number of fused-ring (bicyclic) bond motifs is 1. The second kappa shape index (κ2) is 7.50. The lowest BCUT2D eigenvalue weighted by atomic mass is 9.85. The van der Waals surface area contributed by atoms with Gasteiger partial charge in [0, 0.05) is 12.1 Å². The van der Waals surface area contributed by atoms with E-state index in [1.165, 1.54) is 0 Å². The van der Waals surface area contributed by atoms with Gasteiger partial charge in [-0.25, -0.2) is 9.37 Å². The normalized spacial score (nSPS) is 11.5. The van der Waals surface area contributed by atoms with Crippen molar-refractivity contribution in [2.45, 2.75) is 25.5 Å². The Morgan fingerprint density at radius 2 is 1.59 bits per heavy atom. The minimum Gasteiger partial charge on any atom is -0.373 e. The molecule has 0 aliphatic heterocycles. The molecule has 0 amide bonds. The van der Waals surface area contributed by atoms with Gasteiger partial charge in [0.25, 0.3) is 0 Å². The average molecular weight is 385 g/mol. The van der Waals surface area contributed by atoms with Crippen molar-refractivity contribution >= 4 is 11.0 Å². The fourth-order valence-corrected chi connectivity index (χ4v) is 3.81. The van der Waals surface area contributed by atoms with Gasteiger partial charge in [-0.2, -0.15) is 5.26 Å². The number of hydrogen-bond donors (Lipinski definition) is 1. The standard InChI is InChI=1S/C24H20FN3O/c1-2-28-22-20(14-13-17(15-16-26)21(22)25)27-23(28)24(29,18-9-5-3-6-10-18)19-11-7-4-8-12-19/h3-14,29H,2,15H2,1H3. The van der Waals surface area contributed by atoms with Gasteiger partial charge in [0.1, 0.15) is 5.52 Å². The molecule has 0 saturated heterocycles. The molecule has 1 heterocycles. The van der Waals surface area contributed by atoms with Crippen LogP contribution in [0.5, 0.6) is 0 Å². The number of imidazole rings is 1. The lowest BCUT2D eigenvalue weighted by Gasteiger charge is -2.29. The van der Waals surface area contributed by atoms with Gasteiger partial charge in [0.15, 0.2) is 17.2 Å². The highest BCUT2D eigenvalue weighted by Crippen LogP contribution is 2.38. The van der Waals surface area contributed by atoms with E-state index in [-0.39, 0.29) is 6.42 Å². The maximum absolute atomic E-state index is 15.2. The van der Waals surface area contributed by atoms with Crippen molar-refractivity contribution in [1.29, 1.82) is 5.26 Å². The number of nitriles is 1. The first-order valence-corrected chi connectivity index (χ1v) is 9.49. The molecule has 0 aliphatic rings. The number of rotatable bonds is 5. The van der Waals surface area contributed by atoms with E-state index in [1.807, 2.05) is 73.7 Å². The summed E-state index contributed by atoms with van der Waals surface area (Å²) >= 11 is 0. The summed E-state index contributed by atoms with van der Waals surface area (Å²) < 4.78 is 16.9. The molecular formula is C24H20FN3O. The van der Waals surface area contributed by atoms with Crippen LogP contribution in [0.2, 0.25) is 0 Å². The van der Waals surface area contributed by atoms with E-state index >= 15 is 4.39 Å². The van der Waals surface area contributed by atoms with Crippen molar-refractivity contribution in [2.24, 2.45) is 0 Å². The molecular weight excluding hydrogens is 365 g/mol. The minimum atomic E-state index is -1.56. The molecule has 29 heavy (non-hydrogen) atoms. The highest BCUT2D eigenvalue weighted by Gasteiger charge is 2.39. The largest absolute Gasteiger partial charge is 0.373 e. The van der Waals surface area contributed by atoms with Gasteiger partial charge in [-0.05, 0) is 24.1 Å². The van der Waals surface area contributed by atoms with Gasteiger partial charge in [-0.1, -0.05) is 66.7 Å². The topological polar surface area (TPSA) is 61.8 Å². The van der Waals surface area contributed by atoms with Gasteiger partial charge in [0.2, 0.25) is 0 Å². The van der Waals surface area contributed by atoms with E-state index in [2.05, 4.69) is 4.98 Å². The van der Waals surface area contributed by atoms with Gasteiger partial charge in [-0.15, -0.1) is 0 Å². The monoisotopic (exact) mass is 385 g/mol. The molecule has 0 radical (unpaired) electrons. The zero-order chi connectivity index (χ0) is 20.4. The Labute approximate surface area is 168 Å². The van der Waals surface area contributed by atoms with Gasteiger partial charge >= 0.3 is 0 Å². The fraction of sp³-hybridized carbons (Fsp3) is 0.167. The third kappa shape index (κ3) is 2.98. The number of benzene rings is 3. The van der Waals surface area contributed by atoms with E-state index in [9.17, 15) is 5.11 Å². The van der Waals surface area contributed by atoms with Crippen molar-refractivity contribution in [1.82, 2.24) is 9.55 Å². The van der Waals surface area contributed by atoms with E-state index in [1.54, 1.807) is 16.7 Å². The van der Waals surface area contributed by atoms with E-state index in [4.69, 9.17) is 5.26 Å². The second-order valence-electron chi connectivity index (χ2n) is 6.86. The summed E-state index contributed by atoms with van der Waals surface area (Å²) in [6.45, 7) is 2.30. The van der Waals surface area contributed by atoms with Crippen LogP contribution >= 0.6 is 0 Å². The maximum Gasteiger partial charge on any atom is 0.173 e. The molecule has 1 aromatic heterocycles. The van der Waals surface area contributed by atoms with Gasteiger partial charge < -0.3 is 9.67 Å². The zero-order valence-corrected chi connectivity index (χ0v) is 16.0. The van der Waals surface area contributed by atoms with Crippen LogP contribution in [0.15, 0.2) is 72.8 Å². The fourth-order valence-electron chi connectivity index (χ4n) is 3.81. The van der Waals surface area contributed by atoms with Crippen LogP contribution in [-0.2, 0) is 18.6 Å². The average Bonchev–Trinajstić information content (AvgIpc) is 3.16. The molecule has 0 atom stereocenters. The van der Waals surface area contributed by atoms with Crippen LogP contribution in [0.25, 0.3) is 11.0 Å². The highest BCUT2D eigenvalue weighted by molar-refractivity contribution is 5.78. The predicted molar refractivity (Wildman–Crippen MR) is 110 cm³/mol. The molecule has 4 rings (SSSR count). The maximum atomic E-state index is 15.2. The predicted octanol–water partition coefficient (Wildman–Crippen LogP) is 4.55. The Balaban J connectivity index is 2.06. The highest BCUT2D eigenvalue weighted by atomic mass is 19.1. The summed E-state index contributed by atoms with van der Waals surface area (Å²) in [5.41, 5.74) is 0.818. The summed E-state index contributed by atoms with van der Waals surface area (Å²) in [6.07, 6.45) is -0.0202. The van der Waals surface area contributed by atoms with E-state index in [0.29, 0.717) is 40.1 Å². The van der Waals surface area contributed by atoms with Gasteiger partial charge in [-0.3, -0.25) is 0 Å². The van der Waals surface area contributed by atoms with Crippen molar-refractivity contribution in [3.8, 4) is 6.07 Å². The number of aromatic nitrogens is 2. The summed E-state index contributed by atoms with van der Waals surface area (Å²) in [5, 5.41) is 21.0. The van der Waals surface area contributed by atoms with Crippen LogP contribution in [0.1, 0.15) is 29.4 Å². The van der Waals surface area contributed by atoms with Crippen molar-refractivity contribution in [2.75, 3.05) is 0 Å². The Bertz CT molecular complexity index is 1150. The Hall–Kier alpha value is -3.49. The molecule has 0 spiro atoms. The molecule has 0 aliphatic carbocycles. The minimum absolute atomic E-state index is 0.0202. The quantitative estimate of drug-likeness (QED) is 0.548. The Kier molecular flexibility index (Phi) is 4.87. The van der Waals surface area contributed by atoms with Crippen molar-refractivity contribution in [3.63, 3.8) is 0 Å². The number of nitrogens with zero attached hydrogens (tertiary/aromatic N) is 3. The van der Waals surface area contributed by atoms with Crippen molar-refractivity contribution < 1.29 is 9.50 Å². The first kappa shape index (κ1) is 18.9. The van der Waals surface area contributed by atoms with E-state index < -0.39 is 11.4 Å². The molecule has 0 bridgehead atoms. The smallest absolute Gasteiger partial charge is 0.173 e. The van der Waals surface area contributed by atoms with E-state index in [0.717, 1.165) is 0 Å². The Morgan fingerprint density at radius 3 is 2.10 bits per heavy atom. The first-order valence-electron chi connectivity index (χ1n) is 9.49. The lowest BCUT2D eigenvalue weighted by molar-refractivity contribution is 0.112. The van der Waals surface area contributed by atoms with Crippen LogP contribution in [-0.4, -0.2) is 14.7 Å². The molecule has 0 fully saturated rings. The van der Waals surface area contributed by atoms with Crippen LogP contribution < -0.4 is 0 Å². The molecule has 1 N–H and O–H groups in total. The third-order valence-corrected chi connectivity index (χ3v) is 5.22. The van der Waals surface area contributed by atoms with Gasteiger partial charge in [0.05, 0.1) is 18.0 Å². The summed E-state index contributed by atoms with van der Waals surface area (Å²) in [6, 6.07) is 23.8. The molecule has 0 unspecified atom stereocenters. The molecule has 144 valence electrons. The Morgan fingerprint density at radius 1 is 1.00 bits per heavy atom. The molecule has 5 heteroatoms. The number of hydrogen-bond acceptors (Lipinski definition) is 3. The third-order valence-electron chi connectivity index (χ3n) is 5.22. The zero-order valence-electron chi connectivity index (χ0n) is 16.0. The summed E-state index contributed by atoms with van der Waals surface area (Å²) in [5.74, 6) is -0.117. The summed E-state index contributed by atoms with van der Waals surface area (Å²) in [4.78, 5) is 4.66. The van der Waals surface area contributed by atoms with Crippen LogP contribution in [0.3, 0.4) is 0 Å². The number of halogens is 1. The molecule has 4 nitrogen and oxygen atoms in total. The van der Waals surface area contributed by atoms with Crippen LogP contribution in [0.4, 0.5) is 4.39 Å². The first-order chi connectivity index (χ1) is 14.1. The van der Waals surface area contributed by atoms with Crippen molar-refractivity contribution in [3.05, 3.63) is 101 Å². The lowest BCUT2D eigenvalue weighted by Crippen LogP contribution is -2.32. The molecule has 0 saturated carbocycles. The molecule has 4 aromatic rings. The second-order valence-corrected chi connectivity index (χ2v) is 6.86.